The van der Waals surface area contributed by atoms with Crippen LogP contribution in [0.3, 0.4) is 0 Å². The molecule has 1 aromatic rings. The van der Waals surface area contributed by atoms with Gasteiger partial charge in [0.15, 0.2) is 0 Å². The zero-order valence-electron chi connectivity index (χ0n) is 11.2. The number of carboxylic acids is 1. The van der Waals surface area contributed by atoms with Gasteiger partial charge in [0.1, 0.15) is 0 Å². The second-order valence-corrected chi connectivity index (χ2v) is 4.14. The lowest BCUT2D eigenvalue weighted by Gasteiger charge is -2.22. The van der Waals surface area contributed by atoms with Crippen LogP contribution in [0.1, 0.15) is 16.8 Å². The van der Waals surface area contributed by atoms with E-state index in [1.54, 1.807) is 24.3 Å². The molecule has 0 aliphatic rings. The molecule has 0 radical (unpaired) electrons. The minimum Gasteiger partial charge on any atom is -0.481 e. The summed E-state index contributed by atoms with van der Waals surface area (Å²) in [5.41, 5.74) is 0.514. The van der Waals surface area contributed by atoms with Gasteiger partial charge in [0.05, 0.1) is 26.2 Å². The Morgan fingerprint density at radius 3 is 2.40 bits per heavy atom. The highest BCUT2D eigenvalue weighted by Gasteiger charge is 2.16. The number of carbonyl (C=O) groups is 2. The fourth-order valence-electron chi connectivity index (χ4n) is 1.65. The van der Waals surface area contributed by atoms with Gasteiger partial charge < -0.3 is 19.8 Å². The third-order valence-corrected chi connectivity index (χ3v) is 2.64. The minimum atomic E-state index is -0.952. The second kappa shape index (κ2) is 9.06. The lowest BCUT2D eigenvalue weighted by atomic mass is 10.2. The highest BCUT2D eigenvalue weighted by Crippen LogP contribution is 2.05. The standard InChI is InChI=1S/C14H19NO5/c16-9-11-20-10-8-15(7-6-13(17)18)14(19)12-4-2-1-3-5-12/h1-5,16H,6-11H2,(H,17,18). The van der Waals surface area contributed by atoms with E-state index in [9.17, 15) is 9.59 Å². The molecule has 0 atom stereocenters. The monoisotopic (exact) mass is 281 g/mol. The molecule has 110 valence electrons. The number of aliphatic carboxylic acids is 1. The maximum atomic E-state index is 12.2. The first kappa shape index (κ1) is 16.1. The van der Waals surface area contributed by atoms with Crippen molar-refractivity contribution >= 4 is 11.9 Å². The van der Waals surface area contributed by atoms with Crippen molar-refractivity contribution in [3.05, 3.63) is 35.9 Å². The van der Waals surface area contributed by atoms with Gasteiger partial charge in [-0.1, -0.05) is 18.2 Å². The fraction of sp³-hybridized carbons (Fsp3) is 0.429. The molecule has 1 rings (SSSR count). The van der Waals surface area contributed by atoms with Crippen LogP contribution in [0, 0.1) is 0 Å². The van der Waals surface area contributed by atoms with Gasteiger partial charge in [0.2, 0.25) is 0 Å². The van der Waals surface area contributed by atoms with Gasteiger partial charge in [-0.25, -0.2) is 0 Å². The Kier molecular flexibility index (Phi) is 7.31. The Labute approximate surface area is 117 Å². The molecule has 1 aromatic carbocycles. The molecule has 0 heterocycles. The molecule has 0 saturated carbocycles. The molecule has 6 heteroatoms. The minimum absolute atomic E-state index is 0.0816. The molecular formula is C14H19NO5. The molecule has 6 nitrogen and oxygen atoms in total. The number of benzene rings is 1. The Hall–Kier alpha value is -1.92. The predicted octanol–water partition coefficient (Wildman–Crippen LogP) is 0.612. The van der Waals surface area contributed by atoms with Gasteiger partial charge in [-0.3, -0.25) is 9.59 Å². The van der Waals surface area contributed by atoms with E-state index >= 15 is 0 Å². The second-order valence-electron chi connectivity index (χ2n) is 4.14. The van der Waals surface area contributed by atoms with Crippen LogP contribution in [0.25, 0.3) is 0 Å². The number of aliphatic hydroxyl groups excluding tert-OH is 1. The number of rotatable bonds is 9. The number of hydrogen-bond acceptors (Lipinski definition) is 4. The van der Waals surface area contributed by atoms with E-state index in [2.05, 4.69) is 0 Å². The molecule has 0 unspecified atom stereocenters. The average molecular weight is 281 g/mol. The molecule has 1 amide bonds. The number of nitrogens with zero attached hydrogens (tertiary/aromatic N) is 1. The Morgan fingerprint density at radius 1 is 1.10 bits per heavy atom. The summed E-state index contributed by atoms with van der Waals surface area (Å²) >= 11 is 0. The molecule has 0 fully saturated rings. The van der Waals surface area contributed by atoms with Crippen molar-refractivity contribution in [1.29, 1.82) is 0 Å². The molecule has 0 bridgehead atoms. The lowest BCUT2D eigenvalue weighted by molar-refractivity contribution is -0.137. The van der Waals surface area contributed by atoms with Crippen LogP contribution < -0.4 is 0 Å². The van der Waals surface area contributed by atoms with Crippen LogP contribution in [0.4, 0.5) is 0 Å². The zero-order chi connectivity index (χ0) is 14.8. The molecule has 0 saturated heterocycles. The fourth-order valence-corrected chi connectivity index (χ4v) is 1.65. The van der Waals surface area contributed by atoms with Crippen molar-refractivity contribution in [1.82, 2.24) is 4.90 Å². The van der Waals surface area contributed by atoms with Crippen LogP contribution in [-0.2, 0) is 9.53 Å². The van der Waals surface area contributed by atoms with Gasteiger partial charge in [-0.05, 0) is 12.1 Å². The Balaban J connectivity index is 2.60. The summed E-state index contributed by atoms with van der Waals surface area (Å²) in [6.07, 6.45) is -0.113. The number of amides is 1. The van der Waals surface area contributed by atoms with E-state index in [4.69, 9.17) is 14.9 Å². The van der Waals surface area contributed by atoms with Crippen LogP contribution in [0.5, 0.6) is 0 Å². The molecule has 0 aliphatic carbocycles. The van der Waals surface area contributed by atoms with Crippen molar-refractivity contribution in [3.8, 4) is 0 Å². The van der Waals surface area contributed by atoms with Crippen molar-refractivity contribution < 1.29 is 24.5 Å². The summed E-state index contributed by atoms with van der Waals surface area (Å²) < 4.78 is 5.11. The lowest BCUT2D eigenvalue weighted by Crippen LogP contribution is -2.36. The first-order valence-corrected chi connectivity index (χ1v) is 6.40. The highest BCUT2D eigenvalue weighted by atomic mass is 16.5. The topological polar surface area (TPSA) is 87.1 Å². The van der Waals surface area contributed by atoms with Crippen molar-refractivity contribution in [2.24, 2.45) is 0 Å². The summed E-state index contributed by atoms with van der Waals surface area (Å²) in [4.78, 5) is 24.3. The van der Waals surface area contributed by atoms with Crippen LogP contribution in [0.2, 0.25) is 0 Å². The van der Waals surface area contributed by atoms with Crippen molar-refractivity contribution in [3.63, 3.8) is 0 Å². The van der Waals surface area contributed by atoms with Crippen LogP contribution in [0.15, 0.2) is 30.3 Å². The van der Waals surface area contributed by atoms with E-state index in [1.165, 1.54) is 4.90 Å². The van der Waals surface area contributed by atoms with E-state index in [0.717, 1.165) is 0 Å². The first-order valence-electron chi connectivity index (χ1n) is 6.40. The number of carbonyl (C=O) groups excluding carboxylic acids is 1. The van der Waals surface area contributed by atoms with Crippen molar-refractivity contribution in [2.45, 2.75) is 6.42 Å². The quantitative estimate of drug-likeness (QED) is 0.648. The molecule has 0 aromatic heterocycles. The summed E-state index contributed by atoms with van der Waals surface area (Å²) in [6.45, 7) is 0.805. The number of ether oxygens (including phenoxy) is 1. The molecule has 20 heavy (non-hydrogen) atoms. The summed E-state index contributed by atoms with van der Waals surface area (Å²) in [7, 11) is 0. The van der Waals surface area contributed by atoms with Gasteiger partial charge in [-0.15, -0.1) is 0 Å². The molecule has 0 aliphatic heterocycles. The van der Waals surface area contributed by atoms with Crippen LogP contribution in [-0.4, -0.2) is 59.9 Å². The summed E-state index contributed by atoms with van der Waals surface area (Å²) in [5, 5.41) is 17.3. The predicted molar refractivity (Wildman–Crippen MR) is 72.5 cm³/mol. The third-order valence-electron chi connectivity index (χ3n) is 2.64. The maximum Gasteiger partial charge on any atom is 0.305 e. The number of aliphatic hydroxyl groups is 1. The largest absolute Gasteiger partial charge is 0.481 e. The SMILES string of the molecule is O=C(O)CCN(CCOCCO)C(=O)c1ccccc1. The normalized spacial score (nSPS) is 10.2. The van der Waals surface area contributed by atoms with Crippen LogP contribution >= 0.6 is 0 Å². The van der Waals surface area contributed by atoms with Gasteiger partial charge in [0.25, 0.3) is 5.91 Å². The van der Waals surface area contributed by atoms with Crippen molar-refractivity contribution in [2.75, 3.05) is 32.9 Å². The average Bonchev–Trinajstić information content (AvgIpc) is 2.46. The zero-order valence-corrected chi connectivity index (χ0v) is 11.2. The summed E-state index contributed by atoms with van der Waals surface area (Å²) in [5.74, 6) is -1.17. The van der Waals surface area contributed by atoms with Gasteiger partial charge >= 0.3 is 5.97 Å². The Morgan fingerprint density at radius 2 is 1.80 bits per heavy atom. The smallest absolute Gasteiger partial charge is 0.305 e. The molecule has 2 N–H and O–H groups in total. The molecule has 0 spiro atoms. The van der Waals surface area contributed by atoms with Gasteiger partial charge in [0, 0.05) is 18.7 Å². The summed E-state index contributed by atoms with van der Waals surface area (Å²) in [6, 6.07) is 8.69. The van der Waals surface area contributed by atoms with E-state index < -0.39 is 5.97 Å². The third kappa shape index (κ3) is 5.81. The number of hydrogen-bond donors (Lipinski definition) is 2. The van der Waals surface area contributed by atoms with E-state index in [0.29, 0.717) is 12.1 Å². The van der Waals surface area contributed by atoms with Gasteiger partial charge in [-0.2, -0.15) is 0 Å². The highest BCUT2D eigenvalue weighted by molar-refractivity contribution is 5.94. The molecular weight excluding hydrogens is 262 g/mol. The first-order chi connectivity index (χ1) is 9.65. The van der Waals surface area contributed by atoms with E-state index in [1.807, 2.05) is 6.07 Å². The number of carboxylic acid groups (broad SMARTS) is 1. The van der Waals surface area contributed by atoms with E-state index in [-0.39, 0.29) is 38.7 Å². The Bertz CT molecular complexity index is 421. The maximum absolute atomic E-state index is 12.2.